The van der Waals surface area contributed by atoms with Crippen LogP contribution in [-0.4, -0.2) is 23.9 Å². The Kier molecular flexibility index (Phi) is 5.26. The van der Waals surface area contributed by atoms with Crippen molar-refractivity contribution in [2.45, 2.75) is 0 Å². The molecule has 17 heavy (non-hydrogen) atoms. The Morgan fingerprint density at radius 2 is 1.76 bits per heavy atom. The molecule has 0 aliphatic rings. The number of amides is 1. The second kappa shape index (κ2) is 6.48. The van der Waals surface area contributed by atoms with Crippen LogP contribution in [0.5, 0.6) is 0 Å². The van der Waals surface area contributed by atoms with Crippen molar-refractivity contribution in [2.75, 3.05) is 13.1 Å². The molecular formula is C13H13Cl2NO. The van der Waals surface area contributed by atoms with E-state index in [1.165, 1.54) is 0 Å². The molecule has 1 aromatic rings. The van der Waals surface area contributed by atoms with E-state index in [0.717, 1.165) is 0 Å². The number of carbonyl (C=O) groups is 1. The smallest absolute Gasteiger partial charge is 0.254 e. The van der Waals surface area contributed by atoms with Crippen LogP contribution in [0.25, 0.3) is 0 Å². The molecule has 1 rings (SSSR count). The van der Waals surface area contributed by atoms with Crippen molar-refractivity contribution in [1.82, 2.24) is 4.90 Å². The first-order valence-electron chi connectivity index (χ1n) is 5.06. The highest BCUT2D eigenvalue weighted by atomic mass is 35.5. The van der Waals surface area contributed by atoms with Gasteiger partial charge in [-0.15, -0.1) is 13.2 Å². The fourth-order valence-corrected chi connectivity index (χ4v) is 1.66. The lowest BCUT2D eigenvalue weighted by molar-refractivity contribution is 0.0791. The lowest BCUT2D eigenvalue weighted by Gasteiger charge is -2.19. The summed E-state index contributed by atoms with van der Waals surface area (Å²) in [5.74, 6) is -0.122. The van der Waals surface area contributed by atoms with Crippen LogP contribution in [0.2, 0.25) is 10.0 Å². The van der Waals surface area contributed by atoms with Gasteiger partial charge in [-0.3, -0.25) is 4.79 Å². The summed E-state index contributed by atoms with van der Waals surface area (Å²) in [6, 6.07) is 4.82. The maximum Gasteiger partial charge on any atom is 0.254 e. The van der Waals surface area contributed by atoms with Crippen molar-refractivity contribution in [1.29, 1.82) is 0 Å². The van der Waals surface area contributed by atoms with Gasteiger partial charge in [0.25, 0.3) is 5.91 Å². The number of carbonyl (C=O) groups excluding carboxylic acids is 1. The Hall–Kier alpha value is -1.25. The molecule has 0 spiro atoms. The van der Waals surface area contributed by atoms with Gasteiger partial charge in [-0.2, -0.15) is 0 Å². The van der Waals surface area contributed by atoms with Crippen LogP contribution in [0, 0.1) is 0 Å². The van der Waals surface area contributed by atoms with Crippen LogP contribution in [-0.2, 0) is 0 Å². The molecule has 90 valence electrons. The molecule has 0 bridgehead atoms. The van der Waals surface area contributed by atoms with Crippen molar-refractivity contribution < 1.29 is 4.79 Å². The molecule has 0 heterocycles. The van der Waals surface area contributed by atoms with Gasteiger partial charge in [-0.25, -0.2) is 0 Å². The first-order chi connectivity index (χ1) is 8.10. The minimum absolute atomic E-state index is 0.122. The number of halogens is 2. The Labute approximate surface area is 111 Å². The predicted molar refractivity (Wildman–Crippen MR) is 72.8 cm³/mol. The van der Waals surface area contributed by atoms with Gasteiger partial charge in [0.15, 0.2) is 0 Å². The van der Waals surface area contributed by atoms with E-state index in [2.05, 4.69) is 13.2 Å². The third-order valence-corrected chi connectivity index (χ3v) is 2.89. The molecule has 0 saturated heterocycles. The third-order valence-electron chi connectivity index (χ3n) is 2.15. The largest absolute Gasteiger partial charge is 0.331 e. The standard InChI is InChI=1S/C13H13Cl2NO/c1-3-7-16(8-4-2)13(17)10-5-6-11(14)12(15)9-10/h3-6,9H,1-2,7-8H2. The Balaban J connectivity index is 2.95. The average molecular weight is 270 g/mol. The average Bonchev–Trinajstić information content (AvgIpc) is 2.31. The molecule has 0 fully saturated rings. The van der Waals surface area contributed by atoms with Crippen LogP contribution in [0.3, 0.4) is 0 Å². The zero-order chi connectivity index (χ0) is 12.8. The van der Waals surface area contributed by atoms with Crippen LogP contribution in [0.4, 0.5) is 0 Å². The summed E-state index contributed by atoms with van der Waals surface area (Å²) in [5.41, 5.74) is 0.503. The highest BCUT2D eigenvalue weighted by Gasteiger charge is 2.14. The van der Waals surface area contributed by atoms with E-state index in [1.807, 2.05) is 0 Å². The van der Waals surface area contributed by atoms with Crippen LogP contribution in [0.15, 0.2) is 43.5 Å². The molecule has 2 nitrogen and oxygen atoms in total. The van der Waals surface area contributed by atoms with E-state index in [-0.39, 0.29) is 5.91 Å². The summed E-state index contributed by atoms with van der Waals surface area (Å²) in [4.78, 5) is 13.7. The van der Waals surface area contributed by atoms with Crippen LogP contribution >= 0.6 is 23.2 Å². The minimum atomic E-state index is -0.122. The number of benzene rings is 1. The Bertz CT molecular complexity index is 433. The summed E-state index contributed by atoms with van der Waals surface area (Å²) in [7, 11) is 0. The van der Waals surface area contributed by atoms with Crippen molar-refractivity contribution >= 4 is 29.1 Å². The van der Waals surface area contributed by atoms with Gasteiger partial charge in [0, 0.05) is 18.7 Å². The van der Waals surface area contributed by atoms with E-state index in [1.54, 1.807) is 35.3 Å². The quantitative estimate of drug-likeness (QED) is 0.745. The predicted octanol–water partition coefficient (Wildman–Crippen LogP) is 3.81. The molecule has 4 heteroatoms. The lowest BCUT2D eigenvalue weighted by Crippen LogP contribution is -2.31. The number of hydrogen-bond acceptors (Lipinski definition) is 1. The number of hydrogen-bond donors (Lipinski definition) is 0. The molecule has 0 aliphatic carbocycles. The van der Waals surface area contributed by atoms with Gasteiger partial charge in [0.2, 0.25) is 0 Å². The first kappa shape index (κ1) is 13.8. The number of rotatable bonds is 5. The third kappa shape index (κ3) is 3.62. The van der Waals surface area contributed by atoms with Crippen LogP contribution in [0.1, 0.15) is 10.4 Å². The van der Waals surface area contributed by atoms with E-state index in [0.29, 0.717) is 28.7 Å². The van der Waals surface area contributed by atoms with Gasteiger partial charge in [0.1, 0.15) is 0 Å². The van der Waals surface area contributed by atoms with Crippen molar-refractivity contribution in [3.63, 3.8) is 0 Å². The SMILES string of the molecule is C=CCN(CC=C)C(=O)c1ccc(Cl)c(Cl)c1. The summed E-state index contributed by atoms with van der Waals surface area (Å²) >= 11 is 11.7. The van der Waals surface area contributed by atoms with Gasteiger partial charge < -0.3 is 4.90 Å². The maximum absolute atomic E-state index is 12.1. The molecule has 0 atom stereocenters. The van der Waals surface area contributed by atoms with Gasteiger partial charge in [0.05, 0.1) is 10.0 Å². The molecule has 0 radical (unpaired) electrons. The molecule has 0 N–H and O–H groups in total. The summed E-state index contributed by atoms with van der Waals surface area (Å²) in [6.07, 6.45) is 3.33. The maximum atomic E-state index is 12.1. The second-order valence-electron chi connectivity index (χ2n) is 3.42. The monoisotopic (exact) mass is 269 g/mol. The summed E-state index contributed by atoms with van der Waals surface area (Å²) in [6.45, 7) is 8.16. The number of nitrogens with zero attached hydrogens (tertiary/aromatic N) is 1. The Morgan fingerprint density at radius 3 is 2.24 bits per heavy atom. The van der Waals surface area contributed by atoms with Crippen LogP contribution < -0.4 is 0 Å². The summed E-state index contributed by atoms with van der Waals surface area (Å²) < 4.78 is 0. The fraction of sp³-hybridized carbons (Fsp3) is 0.154. The van der Waals surface area contributed by atoms with Crippen molar-refractivity contribution in [3.8, 4) is 0 Å². The minimum Gasteiger partial charge on any atom is -0.331 e. The Morgan fingerprint density at radius 1 is 1.18 bits per heavy atom. The topological polar surface area (TPSA) is 20.3 Å². The van der Waals surface area contributed by atoms with Gasteiger partial charge >= 0.3 is 0 Å². The summed E-state index contributed by atoms with van der Waals surface area (Å²) in [5, 5.41) is 0.803. The molecule has 0 aliphatic heterocycles. The molecule has 0 aromatic heterocycles. The van der Waals surface area contributed by atoms with Crippen molar-refractivity contribution in [2.24, 2.45) is 0 Å². The fourth-order valence-electron chi connectivity index (χ4n) is 1.36. The van der Waals surface area contributed by atoms with E-state index in [4.69, 9.17) is 23.2 Å². The molecule has 0 saturated carbocycles. The molecular weight excluding hydrogens is 257 g/mol. The van der Waals surface area contributed by atoms with E-state index >= 15 is 0 Å². The molecule has 1 aromatic carbocycles. The molecule has 0 unspecified atom stereocenters. The van der Waals surface area contributed by atoms with Crippen molar-refractivity contribution in [3.05, 3.63) is 59.1 Å². The lowest BCUT2D eigenvalue weighted by atomic mass is 10.2. The van der Waals surface area contributed by atoms with Gasteiger partial charge in [-0.1, -0.05) is 35.4 Å². The zero-order valence-corrected chi connectivity index (χ0v) is 10.8. The second-order valence-corrected chi connectivity index (χ2v) is 4.23. The zero-order valence-electron chi connectivity index (χ0n) is 9.33. The van der Waals surface area contributed by atoms with Gasteiger partial charge in [-0.05, 0) is 18.2 Å². The van der Waals surface area contributed by atoms with E-state index < -0.39 is 0 Å². The highest BCUT2D eigenvalue weighted by Crippen LogP contribution is 2.23. The van der Waals surface area contributed by atoms with E-state index in [9.17, 15) is 4.79 Å². The highest BCUT2D eigenvalue weighted by molar-refractivity contribution is 6.42. The molecule has 1 amide bonds. The normalized spacial score (nSPS) is 9.76. The first-order valence-corrected chi connectivity index (χ1v) is 5.82.